The molecule has 0 saturated carbocycles. The number of amides is 1. The van der Waals surface area contributed by atoms with Crippen molar-refractivity contribution in [3.05, 3.63) is 35.8 Å². The monoisotopic (exact) mass is 337 g/mol. The van der Waals surface area contributed by atoms with E-state index in [1.807, 2.05) is 5.43 Å². The van der Waals surface area contributed by atoms with Crippen molar-refractivity contribution in [1.29, 1.82) is 0 Å². The van der Waals surface area contributed by atoms with E-state index in [4.69, 9.17) is 4.42 Å². The first kappa shape index (κ1) is 15.8. The lowest BCUT2D eigenvalue weighted by Crippen LogP contribution is -2.36. The lowest BCUT2D eigenvalue weighted by molar-refractivity contribution is 0.0690. The molecule has 0 unspecified atom stereocenters. The molecular weight excluding hydrogens is 324 g/mol. The third-order valence-corrected chi connectivity index (χ3v) is 3.39. The minimum absolute atomic E-state index is 0.170. The third kappa shape index (κ3) is 3.14. The second kappa shape index (κ2) is 6.98. The summed E-state index contributed by atoms with van der Waals surface area (Å²) < 4.78 is 29.9. The van der Waals surface area contributed by atoms with Gasteiger partial charge in [0.25, 0.3) is 5.89 Å². The van der Waals surface area contributed by atoms with Crippen molar-refractivity contribution in [2.24, 2.45) is 5.10 Å². The highest BCUT2D eigenvalue weighted by atomic mass is 19.1. The molecule has 1 amide bonds. The van der Waals surface area contributed by atoms with Crippen LogP contribution < -0.4 is 5.43 Å². The first-order valence-corrected chi connectivity index (χ1v) is 6.99. The molecule has 0 saturated heterocycles. The fourth-order valence-electron chi connectivity index (χ4n) is 2.23. The maximum atomic E-state index is 12.9. The molecule has 0 radical (unpaired) electrons. The Kier molecular flexibility index (Phi) is 4.59. The molecule has 2 N–H and O–H groups in total. The fourth-order valence-corrected chi connectivity index (χ4v) is 2.23. The second-order valence-electron chi connectivity index (χ2n) is 4.83. The molecule has 0 atom stereocenters. The number of rotatable bonds is 5. The number of nitrogens with zero attached hydrogens (tertiary/aromatic N) is 5. The van der Waals surface area contributed by atoms with Crippen LogP contribution in [-0.2, 0) is 13.0 Å². The van der Waals surface area contributed by atoms with E-state index in [1.165, 1.54) is 4.90 Å². The summed E-state index contributed by atoms with van der Waals surface area (Å²) in [4.78, 5) is 21.1. The van der Waals surface area contributed by atoms with Gasteiger partial charge in [-0.3, -0.25) is 10.2 Å². The Morgan fingerprint density at radius 3 is 3.12 bits per heavy atom. The number of nitrogens with one attached hydrogen (secondary N) is 2. The Morgan fingerprint density at radius 1 is 1.50 bits per heavy atom. The zero-order valence-electron chi connectivity index (χ0n) is 12.4. The van der Waals surface area contributed by atoms with Gasteiger partial charge < -0.3 is 14.3 Å². The van der Waals surface area contributed by atoms with E-state index >= 15 is 0 Å². The van der Waals surface area contributed by atoms with Gasteiger partial charge in [0.1, 0.15) is 6.33 Å². The number of carbonyl (C=O) groups excluding carboxylic acids is 1. The van der Waals surface area contributed by atoms with Crippen molar-refractivity contribution in [2.75, 3.05) is 13.3 Å². The van der Waals surface area contributed by atoms with E-state index in [9.17, 15) is 13.6 Å². The van der Waals surface area contributed by atoms with Gasteiger partial charge in [-0.25, -0.2) is 13.8 Å². The average Bonchev–Trinajstić information content (AvgIpc) is 3.26. The van der Waals surface area contributed by atoms with Gasteiger partial charge in [0.15, 0.2) is 6.80 Å². The summed E-state index contributed by atoms with van der Waals surface area (Å²) in [6.07, 6.45) is 3.33. The average molecular weight is 337 g/mol. The van der Waals surface area contributed by atoms with Crippen molar-refractivity contribution >= 4 is 17.7 Å². The number of H-pyrrole nitrogens is 1. The molecule has 3 heterocycles. The number of aromatic amines is 1. The predicted octanol–water partition coefficient (Wildman–Crippen LogP) is 0.804. The second-order valence-corrected chi connectivity index (χ2v) is 4.83. The van der Waals surface area contributed by atoms with Crippen molar-refractivity contribution in [2.45, 2.75) is 13.0 Å². The Bertz CT molecular complexity index is 783. The minimum atomic E-state index is -0.909. The van der Waals surface area contributed by atoms with E-state index in [0.717, 1.165) is 17.6 Å². The van der Waals surface area contributed by atoms with Crippen LogP contribution >= 0.6 is 0 Å². The summed E-state index contributed by atoms with van der Waals surface area (Å²) in [5, 5.41) is 10.7. The van der Waals surface area contributed by atoms with Crippen LogP contribution in [0.15, 0.2) is 22.2 Å². The molecule has 0 aliphatic carbocycles. The number of hydrogen-bond donors (Lipinski definition) is 2. The zero-order valence-corrected chi connectivity index (χ0v) is 12.4. The standard InChI is InChI=1S/C13H13F2N7O2/c14-3-8(4-18-19-6-15)11-20-21-12(24-11)13(23)22-2-1-9-10(5-22)17-7-16-9/h3-4,7,19H,1-2,5-6H2,(H,16,17)/b8-3+,18-4-. The summed E-state index contributed by atoms with van der Waals surface area (Å²) in [5.41, 5.74) is 3.58. The van der Waals surface area contributed by atoms with Gasteiger partial charge in [-0.15, -0.1) is 10.2 Å². The SMILES string of the molecule is O=C(c1nnc(C(/C=N\NCF)=C/F)o1)N1CCc2nc[nH]c2C1. The summed E-state index contributed by atoms with van der Waals surface area (Å²) in [7, 11) is 0. The molecule has 2 aromatic rings. The Labute approximate surface area is 134 Å². The molecule has 11 heteroatoms. The molecule has 9 nitrogen and oxygen atoms in total. The molecule has 0 bridgehead atoms. The maximum Gasteiger partial charge on any atom is 0.311 e. The number of halogens is 2. The van der Waals surface area contributed by atoms with Crippen molar-refractivity contribution in [3.8, 4) is 0 Å². The molecule has 126 valence electrons. The Morgan fingerprint density at radius 2 is 2.33 bits per heavy atom. The van der Waals surface area contributed by atoms with Crippen LogP contribution in [0.25, 0.3) is 5.57 Å². The van der Waals surface area contributed by atoms with Crippen LogP contribution in [0.3, 0.4) is 0 Å². The van der Waals surface area contributed by atoms with Crippen molar-refractivity contribution in [3.63, 3.8) is 0 Å². The van der Waals surface area contributed by atoms with Gasteiger partial charge in [0.2, 0.25) is 0 Å². The number of imidazole rings is 1. The Hall–Kier alpha value is -3.11. The molecule has 1 aliphatic rings. The van der Waals surface area contributed by atoms with Crippen LogP contribution in [0.2, 0.25) is 0 Å². The van der Waals surface area contributed by atoms with E-state index < -0.39 is 12.7 Å². The molecule has 0 aromatic carbocycles. The van der Waals surface area contributed by atoms with E-state index in [-0.39, 0.29) is 23.7 Å². The number of allylic oxidation sites excluding steroid dienone is 1. The molecule has 0 fully saturated rings. The zero-order chi connectivity index (χ0) is 16.9. The van der Waals surface area contributed by atoms with Gasteiger partial charge in [0, 0.05) is 13.0 Å². The van der Waals surface area contributed by atoms with Gasteiger partial charge >= 0.3 is 11.8 Å². The smallest absolute Gasteiger partial charge is 0.311 e. The predicted molar refractivity (Wildman–Crippen MR) is 78.0 cm³/mol. The summed E-state index contributed by atoms with van der Waals surface area (Å²) in [6.45, 7) is -0.101. The highest BCUT2D eigenvalue weighted by molar-refractivity contribution is 6.07. The quantitative estimate of drug-likeness (QED) is 0.474. The molecule has 1 aliphatic heterocycles. The highest BCUT2D eigenvalue weighted by Crippen LogP contribution is 2.18. The van der Waals surface area contributed by atoms with E-state index in [2.05, 4.69) is 25.3 Å². The molecular formula is C13H13F2N7O2. The minimum Gasteiger partial charge on any atom is -0.412 e. The number of fused-ring (bicyclic) bond motifs is 1. The highest BCUT2D eigenvalue weighted by Gasteiger charge is 2.27. The van der Waals surface area contributed by atoms with Crippen LogP contribution in [0.4, 0.5) is 8.78 Å². The normalized spacial score (nSPS) is 14.9. The van der Waals surface area contributed by atoms with Gasteiger partial charge in [-0.1, -0.05) is 0 Å². The number of hydrogen-bond acceptors (Lipinski definition) is 7. The molecule has 3 rings (SSSR count). The summed E-state index contributed by atoms with van der Waals surface area (Å²) >= 11 is 0. The number of alkyl halides is 1. The van der Waals surface area contributed by atoms with Crippen LogP contribution in [0.1, 0.15) is 28.0 Å². The van der Waals surface area contributed by atoms with Gasteiger partial charge in [0.05, 0.1) is 36.0 Å². The molecule has 0 spiro atoms. The summed E-state index contributed by atoms with van der Waals surface area (Å²) in [6, 6.07) is 0. The van der Waals surface area contributed by atoms with E-state index in [1.54, 1.807) is 6.33 Å². The first-order chi connectivity index (χ1) is 11.7. The lowest BCUT2D eigenvalue weighted by Gasteiger charge is -2.24. The number of carbonyl (C=O) groups is 1. The topological polar surface area (TPSA) is 112 Å². The third-order valence-electron chi connectivity index (χ3n) is 3.39. The summed E-state index contributed by atoms with van der Waals surface area (Å²) in [5.74, 6) is -0.963. The largest absolute Gasteiger partial charge is 0.412 e. The number of aromatic nitrogens is 4. The van der Waals surface area contributed by atoms with Crippen molar-refractivity contribution in [1.82, 2.24) is 30.5 Å². The van der Waals surface area contributed by atoms with Gasteiger partial charge in [-0.05, 0) is 0 Å². The first-order valence-electron chi connectivity index (χ1n) is 6.99. The Balaban J connectivity index is 1.72. The van der Waals surface area contributed by atoms with Crippen LogP contribution in [-0.4, -0.2) is 50.5 Å². The fraction of sp³-hybridized carbons (Fsp3) is 0.308. The lowest BCUT2D eigenvalue weighted by atomic mass is 10.1. The van der Waals surface area contributed by atoms with Gasteiger partial charge in [-0.2, -0.15) is 5.10 Å². The van der Waals surface area contributed by atoms with Crippen LogP contribution in [0, 0.1) is 0 Å². The maximum absolute atomic E-state index is 12.9. The molecule has 2 aromatic heterocycles. The number of hydrazone groups is 1. The van der Waals surface area contributed by atoms with E-state index in [0.29, 0.717) is 19.5 Å². The van der Waals surface area contributed by atoms with Crippen molar-refractivity contribution < 1.29 is 18.0 Å². The van der Waals surface area contributed by atoms with Crippen LogP contribution in [0.5, 0.6) is 0 Å². The molecule has 24 heavy (non-hydrogen) atoms.